The molecular formula is C16H18IN5O. The number of anilines is 2. The lowest BCUT2D eigenvalue weighted by Gasteiger charge is -2.32. The molecule has 1 fully saturated rings. The van der Waals surface area contributed by atoms with Gasteiger partial charge in [0.25, 0.3) is 5.91 Å². The summed E-state index contributed by atoms with van der Waals surface area (Å²) in [6.07, 6.45) is 3.32. The van der Waals surface area contributed by atoms with Crippen LogP contribution in [0.25, 0.3) is 0 Å². The number of amides is 1. The van der Waals surface area contributed by atoms with Gasteiger partial charge < -0.3 is 15.1 Å². The summed E-state index contributed by atoms with van der Waals surface area (Å²) in [5.74, 6) is 0.566. The molecule has 2 heterocycles. The van der Waals surface area contributed by atoms with Crippen LogP contribution in [0.3, 0.4) is 0 Å². The summed E-state index contributed by atoms with van der Waals surface area (Å²) in [4.78, 5) is 25.5. The Kier molecular flexibility index (Phi) is 5.06. The summed E-state index contributed by atoms with van der Waals surface area (Å²) >= 11 is 2.15. The molecule has 3 rings (SSSR count). The van der Waals surface area contributed by atoms with Gasteiger partial charge in [0, 0.05) is 29.7 Å². The van der Waals surface area contributed by atoms with Crippen LogP contribution < -0.4 is 10.2 Å². The maximum absolute atomic E-state index is 12.3. The van der Waals surface area contributed by atoms with E-state index in [4.69, 9.17) is 0 Å². The first kappa shape index (κ1) is 16.1. The van der Waals surface area contributed by atoms with E-state index in [2.05, 4.69) is 54.7 Å². The fraction of sp³-hybridized carbons (Fsp3) is 0.312. The monoisotopic (exact) mass is 423 g/mol. The Hall–Kier alpha value is -1.74. The number of piperazine rings is 1. The fourth-order valence-electron chi connectivity index (χ4n) is 2.40. The van der Waals surface area contributed by atoms with Gasteiger partial charge in [0.1, 0.15) is 0 Å². The molecule has 1 saturated heterocycles. The number of rotatable bonds is 3. The van der Waals surface area contributed by atoms with Crippen molar-refractivity contribution in [2.24, 2.45) is 0 Å². The van der Waals surface area contributed by atoms with E-state index in [0.717, 1.165) is 29.7 Å². The van der Waals surface area contributed by atoms with Gasteiger partial charge in [-0.3, -0.25) is 4.79 Å². The smallest absolute Gasteiger partial charge is 0.256 e. The standard InChI is InChI=1S/C16H18IN5O/c1-21-6-8-22(9-7-21)16-18-10-12(11-19-16)20-15(23)13-4-2-3-5-14(13)17/h2-5,10-11H,6-9H2,1H3,(H,20,23). The molecule has 23 heavy (non-hydrogen) atoms. The van der Waals surface area contributed by atoms with E-state index in [0.29, 0.717) is 17.2 Å². The molecule has 0 bridgehead atoms. The van der Waals surface area contributed by atoms with Crippen molar-refractivity contribution in [1.29, 1.82) is 0 Å². The van der Waals surface area contributed by atoms with Crippen molar-refractivity contribution in [1.82, 2.24) is 14.9 Å². The van der Waals surface area contributed by atoms with Crippen molar-refractivity contribution in [2.45, 2.75) is 0 Å². The van der Waals surface area contributed by atoms with E-state index in [1.54, 1.807) is 18.5 Å². The second-order valence-corrected chi connectivity index (χ2v) is 6.66. The predicted molar refractivity (Wildman–Crippen MR) is 98.9 cm³/mol. The molecule has 0 unspecified atom stereocenters. The zero-order chi connectivity index (χ0) is 16.2. The number of aromatic nitrogens is 2. The van der Waals surface area contributed by atoms with Crippen molar-refractivity contribution in [3.8, 4) is 0 Å². The molecule has 1 amide bonds. The zero-order valence-corrected chi connectivity index (χ0v) is 15.0. The lowest BCUT2D eigenvalue weighted by molar-refractivity contribution is 0.102. The SMILES string of the molecule is CN1CCN(c2ncc(NC(=O)c3ccccc3I)cn2)CC1. The number of nitrogens with zero attached hydrogens (tertiary/aromatic N) is 4. The molecular weight excluding hydrogens is 405 g/mol. The van der Waals surface area contributed by atoms with Crippen LogP contribution in [0.2, 0.25) is 0 Å². The topological polar surface area (TPSA) is 61.4 Å². The molecule has 0 atom stereocenters. The number of carbonyl (C=O) groups is 1. The van der Waals surface area contributed by atoms with Crippen molar-refractivity contribution in [3.63, 3.8) is 0 Å². The maximum Gasteiger partial charge on any atom is 0.256 e. The van der Waals surface area contributed by atoms with E-state index in [9.17, 15) is 4.79 Å². The minimum Gasteiger partial charge on any atom is -0.338 e. The summed E-state index contributed by atoms with van der Waals surface area (Å²) in [5.41, 5.74) is 1.25. The second kappa shape index (κ2) is 7.22. The third kappa shape index (κ3) is 3.97. The molecule has 120 valence electrons. The molecule has 1 aliphatic rings. The highest BCUT2D eigenvalue weighted by molar-refractivity contribution is 14.1. The number of carbonyl (C=O) groups excluding carboxylic acids is 1. The molecule has 7 heteroatoms. The average Bonchev–Trinajstić information content (AvgIpc) is 2.57. The van der Waals surface area contributed by atoms with Gasteiger partial charge in [-0.15, -0.1) is 0 Å². The summed E-state index contributed by atoms with van der Waals surface area (Å²) in [5, 5.41) is 2.84. The van der Waals surface area contributed by atoms with Gasteiger partial charge in [0.15, 0.2) is 0 Å². The normalized spacial score (nSPS) is 15.5. The van der Waals surface area contributed by atoms with Crippen LogP contribution in [-0.2, 0) is 0 Å². The zero-order valence-electron chi connectivity index (χ0n) is 12.9. The molecule has 0 radical (unpaired) electrons. The predicted octanol–water partition coefficient (Wildman–Crippen LogP) is 2.09. The summed E-state index contributed by atoms with van der Waals surface area (Å²) in [6, 6.07) is 7.47. The van der Waals surface area contributed by atoms with Crippen LogP contribution in [0.1, 0.15) is 10.4 Å². The molecule has 0 spiro atoms. The van der Waals surface area contributed by atoms with E-state index < -0.39 is 0 Å². The minimum atomic E-state index is -0.147. The van der Waals surface area contributed by atoms with Gasteiger partial charge >= 0.3 is 0 Å². The van der Waals surface area contributed by atoms with Gasteiger partial charge in [-0.25, -0.2) is 9.97 Å². The summed E-state index contributed by atoms with van der Waals surface area (Å²) in [6.45, 7) is 3.86. The second-order valence-electron chi connectivity index (χ2n) is 5.50. The van der Waals surface area contributed by atoms with Gasteiger partial charge in [0.05, 0.1) is 23.6 Å². The Bertz CT molecular complexity index is 683. The number of likely N-dealkylation sites (N-methyl/N-ethyl adjacent to an activating group) is 1. The molecule has 1 aromatic carbocycles. The maximum atomic E-state index is 12.3. The molecule has 0 saturated carbocycles. The first-order chi connectivity index (χ1) is 11.1. The number of hydrogen-bond acceptors (Lipinski definition) is 5. The number of hydrogen-bond donors (Lipinski definition) is 1. The van der Waals surface area contributed by atoms with E-state index in [1.807, 2.05) is 18.2 Å². The van der Waals surface area contributed by atoms with Crippen molar-refractivity contribution in [3.05, 3.63) is 45.8 Å². The van der Waals surface area contributed by atoms with Gasteiger partial charge in [-0.1, -0.05) is 12.1 Å². The molecule has 6 nitrogen and oxygen atoms in total. The number of benzene rings is 1. The van der Waals surface area contributed by atoms with Crippen molar-refractivity contribution >= 4 is 40.1 Å². The number of halogens is 1. The third-order valence-electron chi connectivity index (χ3n) is 3.80. The Balaban J connectivity index is 1.66. The van der Waals surface area contributed by atoms with E-state index >= 15 is 0 Å². The summed E-state index contributed by atoms with van der Waals surface area (Å²) < 4.78 is 0.914. The van der Waals surface area contributed by atoms with Crippen LogP contribution in [-0.4, -0.2) is 54.0 Å². The third-order valence-corrected chi connectivity index (χ3v) is 4.74. The highest BCUT2D eigenvalue weighted by Gasteiger charge is 2.16. The lowest BCUT2D eigenvalue weighted by Crippen LogP contribution is -2.45. The van der Waals surface area contributed by atoms with Crippen LogP contribution in [0.4, 0.5) is 11.6 Å². The first-order valence-electron chi connectivity index (χ1n) is 7.45. The number of nitrogens with one attached hydrogen (secondary N) is 1. The molecule has 2 aromatic rings. The average molecular weight is 423 g/mol. The lowest BCUT2D eigenvalue weighted by atomic mass is 10.2. The van der Waals surface area contributed by atoms with Gasteiger partial charge in [-0.05, 0) is 41.8 Å². The fourth-order valence-corrected chi connectivity index (χ4v) is 3.03. The molecule has 0 aliphatic carbocycles. The minimum absolute atomic E-state index is 0.147. The van der Waals surface area contributed by atoms with Gasteiger partial charge in [0.2, 0.25) is 5.95 Å². The quantitative estimate of drug-likeness (QED) is 0.767. The van der Waals surface area contributed by atoms with Crippen molar-refractivity contribution in [2.75, 3.05) is 43.4 Å². The Morgan fingerprint density at radius 1 is 1.13 bits per heavy atom. The molecule has 1 aromatic heterocycles. The molecule has 1 aliphatic heterocycles. The van der Waals surface area contributed by atoms with E-state index in [1.165, 1.54) is 0 Å². The van der Waals surface area contributed by atoms with Crippen LogP contribution in [0, 0.1) is 3.57 Å². The Labute approximate surface area is 149 Å². The van der Waals surface area contributed by atoms with Crippen LogP contribution in [0.15, 0.2) is 36.7 Å². The molecule has 1 N–H and O–H groups in total. The first-order valence-corrected chi connectivity index (χ1v) is 8.53. The summed E-state index contributed by atoms with van der Waals surface area (Å²) in [7, 11) is 2.11. The van der Waals surface area contributed by atoms with Crippen molar-refractivity contribution < 1.29 is 4.79 Å². The Morgan fingerprint density at radius 3 is 2.43 bits per heavy atom. The van der Waals surface area contributed by atoms with E-state index in [-0.39, 0.29) is 5.91 Å². The largest absolute Gasteiger partial charge is 0.338 e. The van der Waals surface area contributed by atoms with Gasteiger partial charge in [-0.2, -0.15) is 0 Å². The van der Waals surface area contributed by atoms with Crippen LogP contribution in [0.5, 0.6) is 0 Å². The van der Waals surface area contributed by atoms with Crippen LogP contribution >= 0.6 is 22.6 Å². The highest BCUT2D eigenvalue weighted by Crippen LogP contribution is 2.15. The Morgan fingerprint density at radius 2 is 1.78 bits per heavy atom. The highest BCUT2D eigenvalue weighted by atomic mass is 127.